The van der Waals surface area contributed by atoms with Crippen molar-refractivity contribution in [3.63, 3.8) is 0 Å². The van der Waals surface area contributed by atoms with Gasteiger partial charge in [-0.2, -0.15) is 13.2 Å². The summed E-state index contributed by atoms with van der Waals surface area (Å²) in [6, 6.07) is 18.7. The monoisotopic (exact) mass is 590 g/mol. The molecule has 1 heterocycles. The van der Waals surface area contributed by atoms with Crippen LogP contribution in [0.25, 0.3) is 0 Å². The minimum atomic E-state index is -4.70. The standard InChI is InChI=1S/C33H29F3N2O5/c1-17(2)15-24(32(42)43-16-25(39)37-23-14-8-7-13-22(23)33(34,35)36)38-30(40)28-26-18-9-3-4-10-19(18)27(29(28)31(38)41)21-12-6-5-11-20(21)26/h3-14,17,24,26-29H,15-16H2,1-2H3,(H,37,39)/t24-,26?,27?,28-,29+/m1/s1. The van der Waals surface area contributed by atoms with Crippen LogP contribution >= 0.6 is 0 Å². The van der Waals surface area contributed by atoms with Crippen LogP contribution in [-0.4, -0.2) is 41.2 Å². The van der Waals surface area contributed by atoms with Crippen molar-refractivity contribution in [1.29, 1.82) is 0 Å². The van der Waals surface area contributed by atoms with Crippen molar-refractivity contribution < 1.29 is 37.1 Å². The lowest BCUT2D eigenvalue weighted by Crippen LogP contribution is -2.47. The molecule has 0 spiro atoms. The molecular formula is C33H29F3N2O5. The number of para-hydroxylation sites is 1. The number of hydrogen-bond acceptors (Lipinski definition) is 5. The molecule has 3 aromatic rings. The Labute approximate surface area is 246 Å². The van der Waals surface area contributed by atoms with Gasteiger partial charge in [0.1, 0.15) is 6.04 Å². The zero-order chi connectivity index (χ0) is 30.6. The van der Waals surface area contributed by atoms with Crippen molar-refractivity contribution in [2.45, 2.75) is 44.3 Å². The number of carbonyl (C=O) groups is 4. The third kappa shape index (κ3) is 4.78. The first-order valence-electron chi connectivity index (χ1n) is 14.2. The van der Waals surface area contributed by atoms with Crippen molar-refractivity contribution in [2.75, 3.05) is 11.9 Å². The van der Waals surface area contributed by atoms with Crippen LogP contribution in [-0.2, 0) is 30.1 Å². The first-order chi connectivity index (χ1) is 20.5. The predicted octanol–water partition coefficient (Wildman–Crippen LogP) is 5.49. The second kappa shape index (κ2) is 10.7. The Hall–Kier alpha value is -4.47. The normalized spacial score (nSPS) is 22.6. The van der Waals surface area contributed by atoms with Gasteiger partial charge in [0.2, 0.25) is 11.8 Å². The smallest absolute Gasteiger partial charge is 0.418 e. The van der Waals surface area contributed by atoms with E-state index in [-0.39, 0.29) is 24.2 Å². The average molecular weight is 591 g/mol. The lowest BCUT2D eigenvalue weighted by molar-refractivity contribution is -0.160. The molecule has 222 valence electrons. The Morgan fingerprint density at radius 2 is 1.28 bits per heavy atom. The molecule has 3 atom stereocenters. The Kier molecular flexibility index (Phi) is 7.10. The van der Waals surface area contributed by atoms with Gasteiger partial charge >= 0.3 is 12.1 Å². The molecule has 0 saturated carbocycles. The number of nitrogens with zero attached hydrogens (tertiary/aromatic N) is 1. The number of hydrogen-bond donors (Lipinski definition) is 1. The fourth-order valence-corrected chi connectivity index (χ4v) is 7.02. The number of alkyl halides is 3. The summed E-state index contributed by atoms with van der Waals surface area (Å²) in [5.41, 5.74) is 2.46. The fourth-order valence-electron chi connectivity index (χ4n) is 7.02. The summed E-state index contributed by atoms with van der Waals surface area (Å²) in [5, 5.41) is 2.14. The van der Waals surface area contributed by atoms with Crippen LogP contribution in [0, 0.1) is 17.8 Å². The Bertz CT molecular complexity index is 1520. The van der Waals surface area contributed by atoms with E-state index in [0.717, 1.165) is 39.3 Å². The minimum Gasteiger partial charge on any atom is -0.454 e. The highest BCUT2D eigenvalue weighted by Crippen LogP contribution is 2.61. The lowest BCUT2D eigenvalue weighted by Gasteiger charge is -2.45. The van der Waals surface area contributed by atoms with Crippen molar-refractivity contribution >= 4 is 29.4 Å². The minimum absolute atomic E-state index is 0.101. The fraction of sp³-hybridized carbons (Fsp3) is 0.333. The van der Waals surface area contributed by atoms with Crippen molar-refractivity contribution in [3.05, 3.63) is 101 Å². The quantitative estimate of drug-likeness (QED) is 0.290. The van der Waals surface area contributed by atoms with Gasteiger partial charge in [0.15, 0.2) is 6.61 Å². The number of likely N-dealkylation sites (tertiary alicyclic amines) is 1. The molecule has 3 aromatic carbocycles. The number of carbonyl (C=O) groups excluding carboxylic acids is 4. The van der Waals surface area contributed by atoms with Crippen LogP contribution in [0.3, 0.4) is 0 Å². The third-order valence-electron chi connectivity index (χ3n) is 8.61. The summed E-state index contributed by atoms with van der Waals surface area (Å²) in [7, 11) is 0. The molecule has 4 aliphatic rings. The van der Waals surface area contributed by atoms with Gasteiger partial charge in [0, 0.05) is 11.8 Å². The van der Waals surface area contributed by atoms with E-state index in [1.165, 1.54) is 12.1 Å². The second-order valence-corrected chi connectivity index (χ2v) is 11.7. The number of imide groups is 1. The van der Waals surface area contributed by atoms with Gasteiger partial charge in [-0.15, -0.1) is 0 Å². The highest BCUT2D eigenvalue weighted by molar-refractivity contribution is 6.10. The van der Waals surface area contributed by atoms with E-state index in [4.69, 9.17) is 4.74 Å². The van der Waals surface area contributed by atoms with Crippen LogP contribution in [0.4, 0.5) is 18.9 Å². The molecule has 7 rings (SSSR count). The van der Waals surface area contributed by atoms with Gasteiger partial charge in [0.05, 0.1) is 23.1 Å². The largest absolute Gasteiger partial charge is 0.454 e. The first-order valence-corrected chi connectivity index (χ1v) is 14.2. The van der Waals surface area contributed by atoms with Crippen molar-refractivity contribution in [1.82, 2.24) is 4.90 Å². The van der Waals surface area contributed by atoms with Crippen LogP contribution in [0.5, 0.6) is 0 Å². The molecule has 3 aliphatic carbocycles. The van der Waals surface area contributed by atoms with Gasteiger partial charge < -0.3 is 10.1 Å². The van der Waals surface area contributed by atoms with Crippen LogP contribution in [0.1, 0.15) is 59.9 Å². The zero-order valence-corrected chi connectivity index (χ0v) is 23.4. The SMILES string of the molecule is CC(C)C[C@H](C(=O)OCC(=O)Nc1ccccc1C(F)(F)F)N1C(=O)[C@@H]2C3c4ccccc4C(c4ccccc43)[C@@H]2C1=O. The number of amides is 3. The summed E-state index contributed by atoms with van der Waals surface area (Å²) >= 11 is 0. The Balaban J connectivity index is 1.25. The molecule has 1 saturated heterocycles. The molecule has 1 aliphatic heterocycles. The molecule has 10 heteroatoms. The number of esters is 1. The zero-order valence-electron chi connectivity index (χ0n) is 23.4. The summed E-state index contributed by atoms with van der Waals surface area (Å²) < 4.78 is 45.3. The van der Waals surface area contributed by atoms with Gasteiger partial charge in [-0.05, 0) is 46.7 Å². The summed E-state index contributed by atoms with van der Waals surface area (Å²) in [6.07, 6.45) is -4.60. The molecular weight excluding hydrogens is 561 g/mol. The molecule has 0 aromatic heterocycles. The Morgan fingerprint density at radius 3 is 1.74 bits per heavy atom. The number of nitrogens with one attached hydrogen (secondary N) is 1. The predicted molar refractivity (Wildman–Crippen MR) is 150 cm³/mol. The van der Waals surface area contributed by atoms with Gasteiger partial charge in [-0.25, -0.2) is 4.79 Å². The maximum Gasteiger partial charge on any atom is 0.418 e. The van der Waals surface area contributed by atoms with E-state index in [0.29, 0.717) is 0 Å². The number of anilines is 1. The van der Waals surface area contributed by atoms with E-state index >= 15 is 0 Å². The molecule has 0 unspecified atom stereocenters. The average Bonchev–Trinajstić information content (AvgIpc) is 3.24. The van der Waals surface area contributed by atoms with E-state index in [1.54, 1.807) is 0 Å². The number of rotatable bonds is 7. The van der Waals surface area contributed by atoms with Gasteiger partial charge in [-0.3, -0.25) is 19.3 Å². The summed E-state index contributed by atoms with van der Waals surface area (Å²) in [5.74, 6) is -5.06. The maximum atomic E-state index is 14.1. The Morgan fingerprint density at radius 1 is 0.814 bits per heavy atom. The molecule has 0 radical (unpaired) electrons. The summed E-state index contributed by atoms with van der Waals surface area (Å²) in [4.78, 5) is 55.2. The molecule has 7 nitrogen and oxygen atoms in total. The van der Waals surface area contributed by atoms with Crippen LogP contribution < -0.4 is 5.32 Å². The molecule has 43 heavy (non-hydrogen) atoms. The first kappa shape index (κ1) is 28.6. The third-order valence-corrected chi connectivity index (χ3v) is 8.61. The number of halogens is 3. The molecule has 1 fully saturated rings. The molecule has 2 bridgehead atoms. The summed E-state index contributed by atoms with van der Waals surface area (Å²) in [6.45, 7) is 2.77. The molecule has 1 N–H and O–H groups in total. The van der Waals surface area contributed by atoms with Crippen molar-refractivity contribution in [2.24, 2.45) is 17.8 Å². The highest BCUT2D eigenvalue weighted by Gasteiger charge is 2.63. The van der Waals surface area contributed by atoms with Crippen LogP contribution in [0.15, 0.2) is 72.8 Å². The van der Waals surface area contributed by atoms with Crippen LogP contribution in [0.2, 0.25) is 0 Å². The number of ether oxygens (including phenoxy) is 1. The lowest BCUT2D eigenvalue weighted by atomic mass is 9.55. The van der Waals surface area contributed by atoms with E-state index in [2.05, 4.69) is 5.32 Å². The molecule has 3 amide bonds. The highest BCUT2D eigenvalue weighted by atomic mass is 19.4. The topological polar surface area (TPSA) is 92.8 Å². The number of benzene rings is 3. The van der Waals surface area contributed by atoms with Gasteiger partial charge in [0.25, 0.3) is 5.91 Å². The van der Waals surface area contributed by atoms with Crippen molar-refractivity contribution in [3.8, 4) is 0 Å². The van der Waals surface area contributed by atoms with Gasteiger partial charge in [-0.1, -0.05) is 74.5 Å². The second-order valence-electron chi connectivity index (χ2n) is 11.7. The van der Waals surface area contributed by atoms with E-state index in [1.807, 2.05) is 62.4 Å². The van der Waals surface area contributed by atoms with E-state index < -0.39 is 65.6 Å². The van der Waals surface area contributed by atoms with E-state index in [9.17, 15) is 32.3 Å². The maximum absolute atomic E-state index is 14.1.